The minimum atomic E-state index is -0.553. The van der Waals surface area contributed by atoms with Crippen molar-refractivity contribution in [2.45, 2.75) is 46.7 Å². The summed E-state index contributed by atoms with van der Waals surface area (Å²) in [5.41, 5.74) is 8.41. The van der Waals surface area contributed by atoms with Crippen molar-refractivity contribution in [3.63, 3.8) is 0 Å². The van der Waals surface area contributed by atoms with Crippen molar-refractivity contribution in [1.82, 2.24) is 24.6 Å². The molecule has 4 N–H and O–H groups in total. The second-order valence-electron chi connectivity index (χ2n) is 8.40. The Bertz CT molecular complexity index is 1180. The highest BCUT2D eigenvalue weighted by molar-refractivity contribution is 6.04. The quantitative estimate of drug-likeness (QED) is 0.432. The van der Waals surface area contributed by atoms with E-state index in [1.807, 2.05) is 18.4 Å². The van der Waals surface area contributed by atoms with Gasteiger partial charge in [0.1, 0.15) is 17.0 Å². The van der Waals surface area contributed by atoms with Crippen molar-refractivity contribution < 1.29 is 14.3 Å². The lowest BCUT2D eigenvalue weighted by Crippen LogP contribution is -2.42. The number of primary amides is 1. The SMILES string of the molecule is CCCn1c(NC(=O)c2cc(C)nn2CC)nc2cc(C(N)=O)cc(OCCC3CNC3)c21. The Kier molecular flexibility index (Phi) is 6.64. The molecule has 0 spiro atoms. The molecule has 4 rings (SSSR count). The van der Waals surface area contributed by atoms with Crippen LogP contribution in [0.4, 0.5) is 5.95 Å². The smallest absolute Gasteiger partial charge is 0.276 e. The molecule has 0 aliphatic carbocycles. The lowest BCUT2D eigenvalue weighted by atomic mass is 10.0. The summed E-state index contributed by atoms with van der Waals surface area (Å²) in [6.07, 6.45) is 1.74. The fourth-order valence-electron chi connectivity index (χ4n) is 4.04. The van der Waals surface area contributed by atoms with Crippen LogP contribution < -0.4 is 21.1 Å². The Balaban J connectivity index is 1.71. The van der Waals surface area contributed by atoms with E-state index in [2.05, 4.69) is 27.6 Å². The van der Waals surface area contributed by atoms with Crippen molar-refractivity contribution >= 4 is 28.8 Å². The molecule has 3 aromatic rings. The summed E-state index contributed by atoms with van der Waals surface area (Å²) in [6, 6.07) is 5.06. The first-order chi connectivity index (χ1) is 15.9. The lowest BCUT2D eigenvalue weighted by molar-refractivity contribution is 0.0995. The molecule has 0 bridgehead atoms. The molecule has 0 radical (unpaired) electrons. The number of imidazole rings is 1. The topological polar surface area (TPSA) is 129 Å². The standard InChI is InChI=1S/C23H31N7O3/c1-4-7-29-20-17(26-23(29)27-22(32)18-9-14(3)28-30(18)5-2)10-16(21(24)31)11-19(20)33-8-6-15-12-25-13-15/h9-11,15,25H,4-8,12-13H2,1-3H3,(H2,24,31)(H,26,27,32). The third kappa shape index (κ3) is 4.70. The van der Waals surface area contributed by atoms with Crippen molar-refractivity contribution in [2.75, 3.05) is 25.0 Å². The second kappa shape index (κ2) is 9.62. The van der Waals surface area contributed by atoms with Crippen molar-refractivity contribution in [3.8, 4) is 5.75 Å². The van der Waals surface area contributed by atoms with E-state index in [0.29, 0.717) is 54.1 Å². The largest absolute Gasteiger partial charge is 0.491 e. The number of amides is 2. The first kappa shape index (κ1) is 22.8. The van der Waals surface area contributed by atoms with Crippen LogP contribution in [-0.2, 0) is 13.1 Å². The van der Waals surface area contributed by atoms with Crippen molar-refractivity contribution in [1.29, 1.82) is 0 Å². The average molecular weight is 454 g/mol. The Morgan fingerprint density at radius 2 is 2.06 bits per heavy atom. The number of benzene rings is 1. The number of aromatic nitrogens is 4. The Labute approximate surface area is 192 Å². The predicted octanol–water partition coefficient (Wildman–Crippen LogP) is 2.31. The number of carbonyl (C=O) groups excluding carboxylic acids is 2. The second-order valence-corrected chi connectivity index (χ2v) is 8.40. The van der Waals surface area contributed by atoms with Crippen LogP contribution >= 0.6 is 0 Å². The van der Waals surface area contributed by atoms with Gasteiger partial charge < -0.3 is 20.4 Å². The number of anilines is 1. The van der Waals surface area contributed by atoms with Crippen LogP contribution in [0.3, 0.4) is 0 Å². The zero-order chi connectivity index (χ0) is 23.5. The van der Waals surface area contributed by atoms with E-state index >= 15 is 0 Å². The zero-order valence-electron chi connectivity index (χ0n) is 19.4. The van der Waals surface area contributed by atoms with Crippen molar-refractivity contribution in [3.05, 3.63) is 35.2 Å². The first-order valence-electron chi connectivity index (χ1n) is 11.4. The van der Waals surface area contributed by atoms with E-state index in [9.17, 15) is 9.59 Å². The highest BCUT2D eigenvalue weighted by Gasteiger charge is 2.22. The Morgan fingerprint density at radius 1 is 1.27 bits per heavy atom. The van der Waals surface area contributed by atoms with Gasteiger partial charge in [-0.2, -0.15) is 5.10 Å². The third-order valence-corrected chi connectivity index (χ3v) is 5.85. The molecule has 0 atom stereocenters. The van der Waals surface area contributed by atoms with Gasteiger partial charge in [-0.15, -0.1) is 0 Å². The van der Waals surface area contributed by atoms with Crippen LogP contribution in [0.15, 0.2) is 18.2 Å². The van der Waals surface area contributed by atoms with Crippen LogP contribution in [-0.4, -0.2) is 50.8 Å². The van der Waals surface area contributed by atoms with Crippen molar-refractivity contribution in [2.24, 2.45) is 11.7 Å². The minimum absolute atomic E-state index is 0.291. The number of hydrogen-bond acceptors (Lipinski definition) is 6. The summed E-state index contributed by atoms with van der Waals surface area (Å²) >= 11 is 0. The van der Waals surface area contributed by atoms with Crippen LogP contribution in [0.5, 0.6) is 5.75 Å². The van der Waals surface area contributed by atoms with Gasteiger partial charge in [0, 0.05) is 18.7 Å². The monoisotopic (exact) mass is 453 g/mol. The molecule has 10 nitrogen and oxygen atoms in total. The molecule has 0 saturated carbocycles. The van der Waals surface area contributed by atoms with Crippen LogP contribution in [0.2, 0.25) is 0 Å². The van der Waals surface area contributed by atoms with E-state index in [0.717, 1.165) is 37.1 Å². The summed E-state index contributed by atoms with van der Waals surface area (Å²) in [4.78, 5) is 29.6. The number of fused-ring (bicyclic) bond motifs is 1. The molecule has 176 valence electrons. The molecule has 0 unspecified atom stereocenters. The maximum atomic E-state index is 13.1. The number of nitrogens with two attached hydrogens (primary N) is 1. The van der Waals surface area contributed by atoms with E-state index in [1.165, 1.54) is 0 Å². The van der Waals surface area contributed by atoms with Crippen LogP contribution in [0.1, 0.15) is 53.2 Å². The van der Waals surface area contributed by atoms with Gasteiger partial charge in [0.15, 0.2) is 0 Å². The molecule has 33 heavy (non-hydrogen) atoms. The fraction of sp³-hybridized carbons (Fsp3) is 0.478. The van der Waals surface area contributed by atoms with E-state index in [4.69, 9.17) is 10.5 Å². The lowest BCUT2D eigenvalue weighted by Gasteiger charge is -2.26. The molecule has 1 aromatic carbocycles. The maximum absolute atomic E-state index is 13.1. The summed E-state index contributed by atoms with van der Waals surface area (Å²) in [5, 5.41) is 10.5. The summed E-state index contributed by atoms with van der Waals surface area (Å²) < 4.78 is 9.71. The molecule has 2 amide bonds. The number of nitrogens with one attached hydrogen (secondary N) is 2. The molecule has 3 heterocycles. The maximum Gasteiger partial charge on any atom is 0.276 e. The normalized spacial score (nSPS) is 13.8. The van der Waals surface area contributed by atoms with Gasteiger partial charge in [-0.3, -0.25) is 19.6 Å². The fourth-order valence-corrected chi connectivity index (χ4v) is 4.04. The summed E-state index contributed by atoms with van der Waals surface area (Å²) in [6.45, 7) is 9.56. The summed E-state index contributed by atoms with van der Waals surface area (Å²) in [7, 11) is 0. The average Bonchev–Trinajstić information content (AvgIpc) is 3.30. The van der Waals surface area contributed by atoms with E-state index < -0.39 is 5.91 Å². The van der Waals surface area contributed by atoms with Crippen LogP contribution in [0.25, 0.3) is 11.0 Å². The Morgan fingerprint density at radius 3 is 2.70 bits per heavy atom. The molecule has 1 saturated heterocycles. The zero-order valence-corrected chi connectivity index (χ0v) is 19.4. The highest BCUT2D eigenvalue weighted by atomic mass is 16.5. The van der Waals surface area contributed by atoms with Gasteiger partial charge in [-0.1, -0.05) is 6.92 Å². The minimum Gasteiger partial charge on any atom is -0.491 e. The molecule has 1 aliphatic rings. The number of rotatable bonds is 10. The van der Waals surface area contributed by atoms with Gasteiger partial charge in [0.2, 0.25) is 11.9 Å². The number of hydrogen-bond donors (Lipinski definition) is 3. The highest BCUT2D eigenvalue weighted by Crippen LogP contribution is 2.31. The van der Waals surface area contributed by atoms with Gasteiger partial charge in [-0.05, 0) is 63.9 Å². The molecule has 10 heteroatoms. The number of nitrogens with zero attached hydrogens (tertiary/aromatic N) is 4. The van der Waals surface area contributed by atoms with E-state index in [-0.39, 0.29) is 5.91 Å². The van der Waals surface area contributed by atoms with Gasteiger partial charge in [0.25, 0.3) is 5.91 Å². The number of ether oxygens (including phenoxy) is 1. The third-order valence-electron chi connectivity index (χ3n) is 5.85. The summed E-state index contributed by atoms with van der Waals surface area (Å²) in [5.74, 6) is 0.697. The number of aryl methyl sites for hydroxylation is 3. The van der Waals surface area contributed by atoms with E-state index in [1.54, 1.807) is 22.9 Å². The van der Waals surface area contributed by atoms with Crippen LogP contribution in [0, 0.1) is 12.8 Å². The molecule has 1 fully saturated rings. The predicted molar refractivity (Wildman–Crippen MR) is 126 cm³/mol. The molecule has 1 aliphatic heterocycles. The van der Waals surface area contributed by atoms with Gasteiger partial charge in [-0.25, -0.2) is 4.98 Å². The van der Waals surface area contributed by atoms with Gasteiger partial charge in [0.05, 0.1) is 17.8 Å². The first-order valence-corrected chi connectivity index (χ1v) is 11.4. The number of carbonyl (C=O) groups is 2. The Hall–Kier alpha value is -3.40. The molecular formula is C23H31N7O3. The molecule has 2 aromatic heterocycles. The molecular weight excluding hydrogens is 422 g/mol. The van der Waals surface area contributed by atoms with Gasteiger partial charge >= 0.3 is 0 Å².